The molecule has 1 aromatic carbocycles. The third kappa shape index (κ3) is 7.88. The van der Waals surface area contributed by atoms with Crippen molar-refractivity contribution in [3.8, 4) is 0 Å². The number of nitrogens with one attached hydrogen (secondary N) is 2. The molecule has 23 heavy (non-hydrogen) atoms. The Bertz CT molecular complexity index is 529. The summed E-state index contributed by atoms with van der Waals surface area (Å²) in [6, 6.07) is 7.79. The minimum Gasteiger partial charge on any atom is -0.356 e. The van der Waals surface area contributed by atoms with Crippen LogP contribution in [0.3, 0.4) is 0 Å². The first-order chi connectivity index (χ1) is 10.9. The van der Waals surface area contributed by atoms with E-state index in [4.69, 9.17) is 11.6 Å². The first-order valence-electron chi connectivity index (χ1n) is 7.86. The fourth-order valence-electron chi connectivity index (χ4n) is 1.78. The Hall–Kier alpha value is -1.75. The van der Waals surface area contributed by atoms with Crippen LogP contribution in [0.4, 0.5) is 0 Å². The van der Waals surface area contributed by atoms with Gasteiger partial charge in [0.25, 0.3) is 0 Å². The van der Waals surface area contributed by atoms with Crippen LogP contribution in [0.25, 0.3) is 0 Å². The van der Waals surface area contributed by atoms with E-state index < -0.39 is 0 Å². The first kappa shape index (κ1) is 19.3. The Labute approximate surface area is 144 Å². The van der Waals surface area contributed by atoms with Crippen LogP contribution in [-0.4, -0.2) is 50.5 Å². The molecule has 0 bridgehead atoms. The fourth-order valence-corrected chi connectivity index (χ4v) is 2.01. The quantitative estimate of drug-likeness (QED) is 0.591. The highest BCUT2D eigenvalue weighted by Crippen LogP contribution is 2.14. The first-order valence-corrected chi connectivity index (χ1v) is 8.23. The molecule has 0 saturated carbocycles. The number of hydrogen-bond acceptors (Lipinski definition) is 2. The lowest BCUT2D eigenvalue weighted by Gasteiger charge is -2.15. The number of amides is 1. The Morgan fingerprint density at radius 2 is 1.96 bits per heavy atom. The summed E-state index contributed by atoms with van der Waals surface area (Å²) >= 11 is 6.16. The summed E-state index contributed by atoms with van der Waals surface area (Å²) < 4.78 is 0. The Balaban J connectivity index is 2.56. The number of benzene rings is 1. The Morgan fingerprint density at radius 1 is 1.26 bits per heavy atom. The van der Waals surface area contributed by atoms with Crippen molar-refractivity contribution in [2.24, 2.45) is 10.9 Å². The van der Waals surface area contributed by atoms with Gasteiger partial charge in [0, 0.05) is 32.2 Å². The van der Waals surface area contributed by atoms with Crippen LogP contribution in [0.5, 0.6) is 0 Å². The molecule has 0 fully saturated rings. The molecule has 0 heterocycles. The van der Waals surface area contributed by atoms with Crippen LogP contribution < -0.4 is 10.6 Å². The molecule has 0 aliphatic rings. The molecule has 128 valence electrons. The van der Waals surface area contributed by atoms with Crippen LogP contribution in [0.15, 0.2) is 29.3 Å². The second-order valence-electron chi connectivity index (χ2n) is 6.00. The number of hydrogen-bond donors (Lipinski definition) is 2. The van der Waals surface area contributed by atoms with Crippen LogP contribution in [0, 0.1) is 5.92 Å². The summed E-state index contributed by atoms with van der Waals surface area (Å²) in [7, 11) is 3.45. The van der Waals surface area contributed by atoms with E-state index in [0.717, 1.165) is 23.6 Å². The maximum Gasteiger partial charge on any atom is 0.243 e. The average Bonchev–Trinajstić information content (AvgIpc) is 2.50. The predicted molar refractivity (Wildman–Crippen MR) is 97.0 cm³/mol. The standard InChI is InChI=1S/C17H27ClN4O/c1-13(2)11-20-17(21-12-16(23)22(3)4)19-10-9-14-7-5-6-8-15(14)18/h5-8,13H,9-12H2,1-4H3,(H2,19,20,21). The number of halogens is 1. The molecule has 0 spiro atoms. The van der Waals surface area contributed by atoms with Crippen LogP contribution in [0.1, 0.15) is 19.4 Å². The van der Waals surface area contributed by atoms with Crippen LogP contribution in [0.2, 0.25) is 5.02 Å². The van der Waals surface area contributed by atoms with Gasteiger partial charge in [0.15, 0.2) is 5.96 Å². The minimum absolute atomic E-state index is 0.0262. The summed E-state index contributed by atoms with van der Waals surface area (Å²) in [5.41, 5.74) is 1.09. The average molecular weight is 339 g/mol. The molecule has 0 atom stereocenters. The lowest BCUT2D eigenvalue weighted by molar-refractivity contribution is -0.127. The van der Waals surface area contributed by atoms with Crippen molar-refractivity contribution in [1.29, 1.82) is 0 Å². The molecule has 0 aromatic heterocycles. The zero-order valence-corrected chi connectivity index (χ0v) is 15.2. The zero-order valence-electron chi connectivity index (χ0n) is 14.4. The maximum absolute atomic E-state index is 11.7. The van der Waals surface area contributed by atoms with E-state index in [0.29, 0.717) is 18.4 Å². The molecule has 6 heteroatoms. The number of aliphatic imine (C=N–C) groups is 1. The molecule has 0 aliphatic carbocycles. The smallest absolute Gasteiger partial charge is 0.243 e. The van der Waals surface area contributed by atoms with Crippen molar-refractivity contribution in [1.82, 2.24) is 15.5 Å². The summed E-state index contributed by atoms with van der Waals surface area (Å²) in [6.07, 6.45) is 0.795. The van der Waals surface area contributed by atoms with E-state index >= 15 is 0 Å². The van der Waals surface area contributed by atoms with Gasteiger partial charge >= 0.3 is 0 Å². The molecule has 1 amide bonds. The van der Waals surface area contributed by atoms with E-state index in [2.05, 4.69) is 29.5 Å². The van der Waals surface area contributed by atoms with Crippen molar-refractivity contribution in [2.45, 2.75) is 20.3 Å². The molecule has 1 aromatic rings. The number of carbonyl (C=O) groups is 1. The SMILES string of the molecule is CC(C)CNC(=NCC(=O)N(C)C)NCCc1ccccc1Cl. The molecule has 5 nitrogen and oxygen atoms in total. The number of guanidine groups is 1. The van der Waals surface area contributed by atoms with Crippen LogP contribution in [-0.2, 0) is 11.2 Å². The maximum atomic E-state index is 11.7. The Morgan fingerprint density at radius 3 is 2.57 bits per heavy atom. The number of rotatable bonds is 7. The van der Waals surface area contributed by atoms with Crippen LogP contribution >= 0.6 is 11.6 Å². The van der Waals surface area contributed by atoms with Crippen molar-refractivity contribution in [2.75, 3.05) is 33.7 Å². The van der Waals surface area contributed by atoms with E-state index in [1.54, 1.807) is 14.1 Å². The lowest BCUT2D eigenvalue weighted by Crippen LogP contribution is -2.41. The van der Waals surface area contributed by atoms with Crippen molar-refractivity contribution < 1.29 is 4.79 Å². The van der Waals surface area contributed by atoms with E-state index in [9.17, 15) is 4.79 Å². The van der Waals surface area contributed by atoms with E-state index in [1.165, 1.54) is 4.90 Å². The van der Waals surface area contributed by atoms with Gasteiger partial charge in [-0.3, -0.25) is 4.79 Å². The van der Waals surface area contributed by atoms with E-state index in [-0.39, 0.29) is 12.5 Å². The van der Waals surface area contributed by atoms with Crippen molar-refractivity contribution in [3.05, 3.63) is 34.9 Å². The summed E-state index contributed by atoms with van der Waals surface area (Å²) in [6.45, 7) is 5.88. The molecule has 1 rings (SSSR count). The topological polar surface area (TPSA) is 56.7 Å². The molecule has 2 N–H and O–H groups in total. The predicted octanol–water partition coefficient (Wildman–Crippen LogP) is 2.16. The number of likely N-dealkylation sites (N-methyl/N-ethyl adjacent to an activating group) is 1. The zero-order chi connectivity index (χ0) is 17.2. The third-order valence-corrected chi connectivity index (χ3v) is 3.56. The number of carbonyl (C=O) groups excluding carboxylic acids is 1. The number of nitrogens with zero attached hydrogens (tertiary/aromatic N) is 2. The molecule has 0 saturated heterocycles. The summed E-state index contributed by atoms with van der Waals surface area (Å²) in [5, 5.41) is 7.27. The monoisotopic (exact) mass is 338 g/mol. The van der Waals surface area contributed by atoms with Crippen molar-refractivity contribution >= 4 is 23.5 Å². The van der Waals surface area contributed by atoms with Gasteiger partial charge in [0.1, 0.15) is 6.54 Å². The highest BCUT2D eigenvalue weighted by atomic mass is 35.5. The summed E-state index contributed by atoms with van der Waals surface area (Å²) in [5.74, 6) is 1.12. The van der Waals surface area contributed by atoms with Gasteiger partial charge in [-0.05, 0) is 24.0 Å². The highest BCUT2D eigenvalue weighted by molar-refractivity contribution is 6.31. The minimum atomic E-state index is -0.0262. The normalized spacial score (nSPS) is 11.5. The Kier molecular flexibility index (Phi) is 8.48. The second kappa shape index (κ2) is 10.1. The van der Waals surface area contributed by atoms with Crippen molar-refractivity contribution in [3.63, 3.8) is 0 Å². The molecule has 0 radical (unpaired) electrons. The summed E-state index contributed by atoms with van der Waals surface area (Å²) in [4.78, 5) is 17.5. The molecular weight excluding hydrogens is 312 g/mol. The lowest BCUT2D eigenvalue weighted by atomic mass is 10.1. The van der Waals surface area contributed by atoms with Gasteiger partial charge in [-0.1, -0.05) is 43.6 Å². The van der Waals surface area contributed by atoms with Gasteiger partial charge in [-0.2, -0.15) is 0 Å². The fraction of sp³-hybridized carbons (Fsp3) is 0.529. The molecule has 0 aliphatic heterocycles. The van der Waals surface area contributed by atoms with Gasteiger partial charge in [-0.25, -0.2) is 4.99 Å². The second-order valence-corrected chi connectivity index (χ2v) is 6.40. The van der Waals surface area contributed by atoms with Gasteiger partial charge in [0.05, 0.1) is 0 Å². The molecular formula is C17H27ClN4O. The van der Waals surface area contributed by atoms with E-state index in [1.807, 2.05) is 24.3 Å². The molecule has 0 unspecified atom stereocenters. The highest BCUT2D eigenvalue weighted by Gasteiger charge is 2.06. The third-order valence-electron chi connectivity index (χ3n) is 3.19. The van der Waals surface area contributed by atoms with Gasteiger partial charge in [0.2, 0.25) is 5.91 Å². The van der Waals surface area contributed by atoms with Gasteiger partial charge < -0.3 is 15.5 Å². The largest absolute Gasteiger partial charge is 0.356 e. The van der Waals surface area contributed by atoms with Gasteiger partial charge in [-0.15, -0.1) is 0 Å².